The van der Waals surface area contributed by atoms with E-state index in [4.69, 9.17) is 24.2 Å². The first-order valence-corrected chi connectivity index (χ1v) is 17.5. The molecule has 0 aromatic carbocycles. The van der Waals surface area contributed by atoms with Gasteiger partial charge in [0.1, 0.15) is 6.23 Å². The summed E-state index contributed by atoms with van der Waals surface area (Å²) in [5.74, 6) is 0.200. The molecule has 2 aliphatic rings. The molecule has 264 valence electrons. The highest BCUT2D eigenvalue weighted by Crippen LogP contribution is 2.42. The van der Waals surface area contributed by atoms with Crippen LogP contribution in [0.3, 0.4) is 0 Å². The third-order valence-corrected chi connectivity index (χ3v) is 10.2. The number of aliphatic hydroxyl groups excluding tert-OH is 1. The van der Waals surface area contributed by atoms with Crippen LogP contribution in [0, 0.1) is 20.8 Å². The standard InChI is InChI=1S/C39H53N5O5/c1-9-28-24(3)34-21-37-30(22-45)26(5)33(42-37)20-35-25(4)29(10-11-38(46)44(7)12-13-48-16-17-49-15-14-47-8)39(43-35)27(6)32-18-23(2)31(40-32)19-36(28)41-34/h18-22,25,29,38,40,42,46H,9-17H2,1-8H3/t25-,29-,38?/m0/s1. The topological polar surface area (TPSA) is 126 Å². The number of carbonyl (C=O) groups excluding carboxylic acids is 1. The zero-order chi connectivity index (χ0) is 35.2. The minimum Gasteiger partial charge on any atom is -0.382 e. The molecule has 3 atom stereocenters. The summed E-state index contributed by atoms with van der Waals surface area (Å²) in [4.78, 5) is 31.8. The molecule has 0 aliphatic carbocycles. The maximum absolute atomic E-state index is 12.4. The molecule has 0 radical (unpaired) electrons. The van der Waals surface area contributed by atoms with E-state index in [-0.39, 0.29) is 11.8 Å². The molecule has 0 fully saturated rings. The maximum atomic E-state index is 12.4. The van der Waals surface area contributed by atoms with Crippen molar-refractivity contribution in [1.29, 1.82) is 0 Å². The summed E-state index contributed by atoms with van der Waals surface area (Å²) in [5.41, 5.74) is 13.5. The minimum absolute atomic E-state index is 0.0987. The van der Waals surface area contributed by atoms with Crippen molar-refractivity contribution in [2.24, 2.45) is 0 Å². The third-order valence-electron chi connectivity index (χ3n) is 10.2. The lowest BCUT2D eigenvalue weighted by Crippen LogP contribution is -2.34. The number of aromatic nitrogens is 4. The molecule has 0 amide bonds. The van der Waals surface area contributed by atoms with E-state index in [9.17, 15) is 9.90 Å². The first-order valence-electron chi connectivity index (χ1n) is 17.5. The van der Waals surface area contributed by atoms with Gasteiger partial charge in [-0.15, -0.1) is 0 Å². The summed E-state index contributed by atoms with van der Waals surface area (Å²) in [6, 6.07) is 8.42. The molecular formula is C39H53N5O5. The van der Waals surface area contributed by atoms with Gasteiger partial charge >= 0.3 is 0 Å². The number of ether oxygens (including phenoxy) is 3. The summed E-state index contributed by atoms with van der Waals surface area (Å²) in [6.45, 7) is 16.0. The van der Waals surface area contributed by atoms with Crippen LogP contribution in [0.5, 0.6) is 0 Å². The average Bonchev–Trinajstić information content (AvgIpc) is 3.79. The quantitative estimate of drug-likeness (QED) is 0.0897. The summed E-state index contributed by atoms with van der Waals surface area (Å²) in [5, 5.41) is 11.1. The van der Waals surface area contributed by atoms with Crippen LogP contribution >= 0.6 is 0 Å². The number of carbonyl (C=O) groups is 1. The number of hydrogen-bond donors (Lipinski definition) is 3. The van der Waals surface area contributed by atoms with E-state index in [1.54, 1.807) is 7.11 Å². The number of nitrogens with one attached hydrogen (secondary N) is 2. The Hall–Kier alpha value is -3.67. The summed E-state index contributed by atoms with van der Waals surface area (Å²) in [6.07, 6.45) is 2.52. The number of aliphatic hydroxyl groups is 1. The Morgan fingerprint density at radius 2 is 1.57 bits per heavy atom. The first-order chi connectivity index (χ1) is 23.6. The number of aromatic amines is 2. The van der Waals surface area contributed by atoms with E-state index >= 15 is 0 Å². The highest BCUT2D eigenvalue weighted by atomic mass is 16.5. The molecule has 10 heteroatoms. The van der Waals surface area contributed by atoms with Crippen molar-refractivity contribution < 1.29 is 24.1 Å². The van der Waals surface area contributed by atoms with Crippen molar-refractivity contribution in [3.05, 3.63) is 69.3 Å². The molecule has 49 heavy (non-hydrogen) atoms. The highest BCUT2D eigenvalue weighted by Gasteiger charge is 2.31. The lowest BCUT2D eigenvalue weighted by atomic mass is 9.85. The van der Waals surface area contributed by atoms with Crippen LogP contribution in [0.2, 0.25) is 0 Å². The largest absolute Gasteiger partial charge is 0.382 e. The molecule has 3 aromatic rings. The van der Waals surface area contributed by atoms with Crippen molar-refractivity contribution in [2.75, 3.05) is 53.7 Å². The van der Waals surface area contributed by atoms with Gasteiger partial charge in [-0.1, -0.05) is 13.8 Å². The van der Waals surface area contributed by atoms with Gasteiger partial charge in [0.25, 0.3) is 0 Å². The Balaban J connectivity index is 1.49. The maximum Gasteiger partial charge on any atom is 0.152 e. The predicted molar refractivity (Wildman–Crippen MR) is 196 cm³/mol. The normalized spacial score (nSPS) is 16.9. The number of nitrogens with zero attached hydrogens (tertiary/aromatic N) is 3. The van der Waals surface area contributed by atoms with Gasteiger partial charge in [-0.2, -0.15) is 0 Å². The molecule has 5 rings (SSSR count). The number of allylic oxidation sites excluding steroid dienone is 2. The number of hydrogen-bond acceptors (Lipinski definition) is 8. The van der Waals surface area contributed by atoms with Crippen LogP contribution in [0.25, 0.3) is 33.2 Å². The number of rotatable bonds is 15. The molecule has 0 spiro atoms. The second kappa shape index (κ2) is 16.4. The number of aldehydes is 1. The molecule has 10 nitrogen and oxygen atoms in total. The van der Waals surface area contributed by atoms with Gasteiger partial charge in [-0.3, -0.25) is 14.7 Å². The summed E-state index contributed by atoms with van der Waals surface area (Å²) >= 11 is 0. The van der Waals surface area contributed by atoms with E-state index in [1.165, 1.54) is 5.57 Å². The molecule has 3 aromatic heterocycles. The Morgan fingerprint density at radius 1 is 0.898 bits per heavy atom. The van der Waals surface area contributed by atoms with Crippen molar-refractivity contribution >= 4 is 39.5 Å². The van der Waals surface area contributed by atoms with Gasteiger partial charge in [0, 0.05) is 59.0 Å². The van der Waals surface area contributed by atoms with E-state index in [0.717, 1.165) is 86.2 Å². The molecule has 0 saturated carbocycles. The fraction of sp³-hybridized carbons (Fsp3) is 0.513. The van der Waals surface area contributed by atoms with Crippen LogP contribution in [-0.2, 0) is 14.2 Å². The van der Waals surface area contributed by atoms with Crippen LogP contribution in [-0.4, -0.2) is 96.2 Å². The Bertz CT molecular complexity index is 1840. The van der Waals surface area contributed by atoms with Gasteiger partial charge in [-0.25, -0.2) is 4.98 Å². The Morgan fingerprint density at radius 3 is 2.29 bits per heavy atom. The molecule has 0 saturated heterocycles. The van der Waals surface area contributed by atoms with Crippen LogP contribution in [0.1, 0.15) is 102 Å². The van der Waals surface area contributed by atoms with Crippen LogP contribution in [0.4, 0.5) is 0 Å². The van der Waals surface area contributed by atoms with E-state index in [2.05, 4.69) is 62.8 Å². The van der Waals surface area contributed by atoms with Gasteiger partial charge in [-0.05, 0) is 106 Å². The second-order valence-electron chi connectivity index (χ2n) is 13.4. The van der Waals surface area contributed by atoms with Gasteiger partial charge < -0.3 is 29.3 Å². The lowest BCUT2D eigenvalue weighted by Gasteiger charge is -2.25. The average molecular weight is 672 g/mol. The fourth-order valence-electron chi connectivity index (χ4n) is 6.93. The Kier molecular flexibility index (Phi) is 12.2. The van der Waals surface area contributed by atoms with E-state index in [1.807, 2.05) is 24.9 Å². The lowest BCUT2D eigenvalue weighted by molar-refractivity contribution is -0.0165. The smallest absolute Gasteiger partial charge is 0.152 e. The van der Waals surface area contributed by atoms with Crippen LogP contribution < -0.4 is 0 Å². The van der Waals surface area contributed by atoms with Gasteiger partial charge in [0.15, 0.2) is 6.29 Å². The van der Waals surface area contributed by atoms with Crippen LogP contribution in [0.15, 0.2) is 24.3 Å². The second-order valence-corrected chi connectivity index (χ2v) is 13.4. The molecule has 1 unspecified atom stereocenters. The predicted octanol–water partition coefficient (Wildman–Crippen LogP) is 6.99. The highest BCUT2D eigenvalue weighted by molar-refractivity contribution is 5.96. The number of likely N-dealkylation sites (N-methyl/N-ethyl adjacent to an activating group) is 1. The molecule has 2 aliphatic heterocycles. The zero-order valence-corrected chi connectivity index (χ0v) is 30.4. The van der Waals surface area contributed by atoms with Crippen molar-refractivity contribution in [3.8, 4) is 0 Å². The molecule has 8 bridgehead atoms. The summed E-state index contributed by atoms with van der Waals surface area (Å²) in [7, 11) is 3.58. The molecular weight excluding hydrogens is 618 g/mol. The van der Waals surface area contributed by atoms with E-state index in [0.29, 0.717) is 51.6 Å². The number of aryl methyl sites for hydroxylation is 3. The first kappa shape index (κ1) is 36.6. The summed E-state index contributed by atoms with van der Waals surface area (Å²) < 4.78 is 16.1. The van der Waals surface area contributed by atoms with Gasteiger partial charge in [0.2, 0.25) is 0 Å². The Labute approximate surface area is 289 Å². The molecule has 3 N–H and O–H groups in total. The minimum atomic E-state index is -0.615. The van der Waals surface area contributed by atoms with Gasteiger partial charge in [0.05, 0.1) is 49.9 Å². The number of methoxy groups -OCH3 is 1. The number of H-pyrrole nitrogens is 2. The van der Waals surface area contributed by atoms with Crippen molar-refractivity contribution in [3.63, 3.8) is 0 Å². The molecule has 5 heterocycles. The third kappa shape index (κ3) is 8.05. The van der Waals surface area contributed by atoms with Crippen molar-refractivity contribution in [1.82, 2.24) is 24.8 Å². The SMILES string of the molecule is CCC1=C(C)c2cc3[nH]c(cc4nc(c(C)c5cc(C)c(cc1n2)[nH]5)[C@@H](CCC(O)N(C)CCOCCOCCOC)[C@@H]4C)c(C)c3C=O. The van der Waals surface area contributed by atoms with E-state index < -0.39 is 6.23 Å². The monoisotopic (exact) mass is 671 g/mol. The zero-order valence-electron chi connectivity index (χ0n) is 30.4. The number of fused-ring (bicyclic) bond motifs is 8. The van der Waals surface area contributed by atoms with Crippen molar-refractivity contribution in [2.45, 2.75) is 78.9 Å². The fourth-order valence-corrected chi connectivity index (χ4v) is 6.93.